The van der Waals surface area contributed by atoms with E-state index in [1.807, 2.05) is 6.07 Å². The van der Waals surface area contributed by atoms with Crippen molar-refractivity contribution in [3.05, 3.63) is 168 Å². The Morgan fingerprint density at radius 2 is 1.35 bits per heavy atom. The van der Waals surface area contributed by atoms with E-state index in [-0.39, 0.29) is 12.0 Å². The molecule has 3 heterocycles. The molecule has 4 nitrogen and oxygen atoms in total. The van der Waals surface area contributed by atoms with Crippen LogP contribution in [0, 0.1) is 5.92 Å². The molecule has 228 valence electrons. The van der Waals surface area contributed by atoms with Crippen molar-refractivity contribution in [1.29, 1.82) is 0 Å². The van der Waals surface area contributed by atoms with E-state index in [1.54, 1.807) is 0 Å². The molecule has 0 bridgehead atoms. The zero-order valence-electron chi connectivity index (χ0n) is 26.3. The fraction of sp³-hybridized carbons (Fsp3) is 0.0909. The molecule has 0 radical (unpaired) electrons. The monoisotopic (exact) mass is 617 g/mol. The van der Waals surface area contributed by atoms with E-state index in [2.05, 4.69) is 150 Å². The van der Waals surface area contributed by atoms with Crippen LogP contribution in [-0.4, -0.2) is 14.5 Å². The van der Waals surface area contributed by atoms with Crippen LogP contribution in [0.2, 0.25) is 0 Å². The first kappa shape index (κ1) is 27.1. The van der Waals surface area contributed by atoms with Gasteiger partial charge in [0.2, 0.25) is 5.95 Å². The van der Waals surface area contributed by atoms with Crippen molar-refractivity contribution < 1.29 is 4.74 Å². The molecule has 2 aromatic heterocycles. The maximum Gasteiger partial charge on any atom is 0.235 e. The van der Waals surface area contributed by atoms with Crippen LogP contribution in [-0.2, 0) is 4.74 Å². The van der Waals surface area contributed by atoms with E-state index >= 15 is 0 Å². The molecule has 5 aromatic carbocycles. The van der Waals surface area contributed by atoms with Crippen molar-refractivity contribution in [2.45, 2.75) is 18.9 Å². The lowest BCUT2D eigenvalue weighted by Crippen LogP contribution is -2.15. The second kappa shape index (κ2) is 10.8. The number of hydrogen-bond acceptors (Lipinski definition) is 3. The van der Waals surface area contributed by atoms with Gasteiger partial charge in [0.25, 0.3) is 0 Å². The fourth-order valence-corrected chi connectivity index (χ4v) is 7.83. The maximum atomic E-state index is 6.78. The molecule has 0 N–H and O–H groups in total. The number of allylic oxidation sites excluding steroid dienone is 2. The first-order valence-electron chi connectivity index (χ1n) is 16.7. The smallest absolute Gasteiger partial charge is 0.235 e. The van der Waals surface area contributed by atoms with Gasteiger partial charge in [0.05, 0.1) is 22.4 Å². The Morgan fingerprint density at radius 3 is 2.21 bits per heavy atom. The summed E-state index contributed by atoms with van der Waals surface area (Å²) in [5, 5.41) is 2.21. The summed E-state index contributed by atoms with van der Waals surface area (Å²) < 4.78 is 9.04. The summed E-state index contributed by atoms with van der Waals surface area (Å²) in [4.78, 5) is 10.6. The normalized spacial score (nSPS) is 17.8. The number of nitrogens with zero attached hydrogens (tertiary/aromatic N) is 3. The minimum absolute atomic E-state index is 0.0807. The first-order valence-corrected chi connectivity index (χ1v) is 16.7. The number of para-hydroxylation sites is 1. The summed E-state index contributed by atoms with van der Waals surface area (Å²) in [6, 6.07) is 45.0. The highest BCUT2D eigenvalue weighted by atomic mass is 16.5. The molecule has 0 amide bonds. The van der Waals surface area contributed by atoms with Crippen LogP contribution in [0.4, 0.5) is 0 Å². The van der Waals surface area contributed by atoms with Gasteiger partial charge in [-0.3, -0.25) is 4.57 Å². The molecule has 1 aliphatic heterocycles. The Hall–Kier alpha value is -6.00. The summed E-state index contributed by atoms with van der Waals surface area (Å²) in [5.74, 6) is 1.93. The van der Waals surface area contributed by atoms with Gasteiger partial charge in [-0.2, -0.15) is 0 Å². The minimum atomic E-state index is -0.0807. The lowest BCUT2D eigenvalue weighted by atomic mass is 9.82. The third kappa shape index (κ3) is 4.22. The highest BCUT2D eigenvalue weighted by molar-refractivity contribution is 5.96. The molecule has 3 aliphatic rings. The second-order valence-corrected chi connectivity index (χ2v) is 12.8. The average molecular weight is 618 g/mol. The predicted octanol–water partition coefficient (Wildman–Crippen LogP) is 10.9. The van der Waals surface area contributed by atoms with Gasteiger partial charge in [-0.25, -0.2) is 9.97 Å². The SMILES string of the molecule is C1=CC2=C(CC1)C1C=Cc3c(c4ccc(-c5cccc(-c6ccccc6)c5)cc4n3-c3nc(-c4ccccc4)c4ccccc4n3)C1O2. The number of fused-ring (bicyclic) bond motifs is 7. The van der Waals surface area contributed by atoms with E-state index in [9.17, 15) is 0 Å². The van der Waals surface area contributed by atoms with Crippen molar-refractivity contribution >= 4 is 27.9 Å². The first-order chi connectivity index (χ1) is 23.8. The van der Waals surface area contributed by atoms with Gasteiger partial charge in [-0.1, -0.05) is 121 Å². The zero-order chi connectivity index (χ0) is 31.6. The molecule has 0 fully saturated rings. The van der Waals surface area contributed by atoms with E-state index in [4.69, 9.17) is 14.7 Å². The van der Waals surface area contributed by atoms with Crippen LogP contribution in [0.25, 0.3) is 67.3 Å². The van der Waals surface area contributed by atoms with Crippen molar-refractivity contribution in [2.24, 2.45) is 5.92 Å². The van der Waals surface area contributed by atoms with E-state index < -0.39 is 0 Å². The third-order valence-corrected chi connectivity index (χ3v) is 10.1. The number of aromatic nitrogens is 3. The highest BCUT2D eigenvalue weighted by Gasteiger charge is 2.41. The lowest BCUT2D eigenvalue weighted by Gasteiger charge is -2.23. The van der Waals surface area contributed by atoms with Crippen LogP contribution in [0.3, 0.4) is 0 Å². The molecule has 0 saturated carbocycles. The summed E-state index contributed by atoms with van der Waals surface area (Å²) in [5.41, 5.74) is 12.4. The quantitative estimate of drug-likeness (QED) is 0.197. The molecule has 2 unspecified atom stereocenters. The molecule has 7 aromatic rings. The predicted molar refractivity (Wildman–Crippen MR) is 194 cm³/mol. The fourth-order valence-electron chi connectivity index (χ4n) is 7.83. The summed E-state index contributed by atoms with van der Waals surface area (Å²) >= 11 is 0. The molecule has 10 rings (SSSR count). The van der Waals surface area contributed by atoms with Crippen LogP contribution in [0.5, 0.6) is 0 Å². The summed E-state index contributed by atoms with van der Waals surface area (Å²) in [7, 11) is 0. The van der Waals surface area contributed by atoms with Gasteiger partial charge in [-0.05, 0) is 71.0 Å². The molecule has 2 aliphatic carbocycles. The van der Waals surface area contributed by atoms with E-state index in [0.717, 1.165) is 57.5 Å². The summed E-state index contributed by atoms with van der Waals surface area (Å²) in [6.45, 7) is 0. The highest BCUT2D eigenvalue weighted by Crippen LogP contribution is 2.52. The zero-order valence-corrected chi connectivity index (χ0v) is 26.3. The number of hydrogen-bond donors (Lipinski definition) is 0. The number of benzene rings is 5. The van der Waals surface area contributed by atoms with Crippen LogP contribution in [0.1, 0.15) is 30.2 Å². The summed E-state index contributed by atoms with van der Waals surface area (Å²) in [6.07, 6.45) is 11.0. The Bertz CT molecular complexity index is 2490. The van der Waals surface area contributed by atoms with Crippen molar-refractivity contribution in [3.63, 3.8) is 0 Å². The standard InChI is InChI=1S/C44H31N3O/c1-3-12-28(13-4-1)30-16-11-17-31(26-30)32-22-23-36-39(27-32)47(38-25-24-34-33-18-8-10-21-40(33)48-43(34)41(36)38)44-45-37-20-9-7-19-35(37)42(46-44)29-14-5-2-6-15-29/h1-7,9-17,19-27,34,43H,8,18H2. The van der Waals surface area contributed by atoms with Crippen molar-refractivity contribution in [3.8, 4) is 39.5 Å². The van der Waals surface area contributed by atoms with Crippen molar-refractivity contribution in [2.75, 3.05) is 0 Å². The Morgan fingerprint density at radius 1 is 0.625 bits per heavy atom. The van der Waals surface area contributed by atoms with Gasteiger partial charge >= 0.3 is 0 Å². The molecule has 48 heavy (non-hydrogen) atoms. The van der Waals surface area contributed by atoms with Gasteiger partial charge in [0, 0.05) is 27.8 Å². The Kier molecular flexibility index (Phi) is 6.10. The minimum Gasteiger partial charge on any atom is -0.485 e. The Labute approximate surface area is 279 Å². The average Bonchev–Trinajstić information content (AvgIpc) is 3.70. The number of rotatable bonds is 4. The largest absolute Gasteiger partial charge is 0.485 e. The van der Waals surface area contributed by atoms with Gasteiger partial charge in [-0.15, -0.1) is 0 Å². The second-order valence-electron chi connectivity index (χ2n) is 12.8. The third-order valence-electron chi connectivity index (χ3n) is 10.1. The van der Waals surface area contributed by atoms with E-state index in [1.165, 1.54) is 33.2 Å². The molecular formula is C44H31N3O. The Balaban J connectivity index is 1.22. The van der Waals surface area contributed by atoms with Gasteiger partial charge in [0.15, 0.2) is 0 Å². The molecule has 2 atom stereocenters. The van der Waals surface area contributed by atoms with Crippen LogP contribution < -0.4 is 0 Å². The number of ether oxygens (including phenoxy) is 1. The van der Waals surface area contributed by atoms with Gasteiger partial charge < -0.3 is 4.74 Å². The molecular weight excluding hydrogens is 587 g/mol. The van der Waals surface area contributed by atoms with Crippen LogP contribution in [0.15, 0.2) is 157 Å². The van der Waals surface area contributed by atoms with E-state index in [0.29, 0.717) is 5.95 Å². The molecule has 4 heteroatoms. The topological polar surface area (TPSA) is 39.9 Å². The van der Waals surface area contributed by atoms with Crippen molar-refractivity contribution in [1.82, 2.24) is 14.5 Å². The molecule has 0 saturated heterocycles. The van der Waals surface area contributed by atoms with Crippen LogP contribution >= 0.6 is 0 Å². The van der Waals surface area contributed by atoms with Gasteiger partial charge in [0.1, 0.15) is 11.9 Å². The maximum absolute atomic E-state index is 6.78. The lowest BCUT2D eigenvalue weighted by molar-refractivity contribution is 0.134. The molecule has 0 spiro atoms.